The van der Waals surface area contributed by atoms with Crippen LogP contribution >= 0.6 is 95.6 Å². The van der Waals surface area contributed by atoms with Gasteiger partial charge in [0, 0.05) is 5.41 Å². The second-order valence-electron chi connectivity index (χ2n) is 3.84. The molecule has 92 valence electrons. The molecule has 0 fully saturated rings. The van der Waals surface area contributed by atoms with E-state index in [9.17, 15) is 4.79 Å². The van der Waals surface area contributed by atoms with E-state index >= 15 is 0 Å². The van der Waals surface area contributed by atoms with Gasteiger partial charge < -0.3 is 0 Å². The van der Waals surface area contributed by atoms with Crippen molar-refractivity contribution < 1.29 is 4.79 Å². The number of hydrogen-bond donors (Lipinski definition) is 0. The van der Waals surface area contributed by atoms with Gasteiger partial charge in [0.2, 0.25) is 0 Å². The molecular weight excluding hydrogens is 604 g/mol. The van der Waals surface area contributed by atoms with Gasteiger partial charge in [-0.05, 0) is 28.4 Å². The number of carbonyl (C=O) groups excluding carboxylic acids is 1. The molecule has 0 aromatic heterocycles. The Morgan fingerprint density at radius 1 is 1.31 bits per heavy atom. The van der Waals surface area contributed by atoms with Crippen LogP contribution in [0, 0.1) is 5.41 Å². The summed E-state index contributed by atoms with van der Waals surface area (Å²) in [6.07, 6.45) is 0. The lowest BCUT2D eigenvalue weighted by molar-refractivity contribution is -0.115. The molecule has 0 spiro atoms. The fourth-order valence-corrected chi connectivity index (χ4v) is 6.87. The van der Waals surface area contributed by atoms with Crippen LogP contribution in [0.5, 0.6) is 0 Å². The Bertz CT molecular complexity index is 361. The quantitative estimate of drug-likeness (QED) is 0.353. The van der Waals surface area contributed by atoms with Gasteiger partial charge in [-0.2, -0.15) is 0 Å². The molecule has 1 nitrogen and oxygen atoms in total. The first-order valence-electron chi connectivity index (χ1n) is 4.29. The third-order valence-electron chi connectivity index (χ3n) is 2.94. The lowest BCUT2D eigenvalue weighted by Crippen LogP contribution is -2.52. The average Bonchev–Trinajstić information content (AvgIpc) is 2.21. The molecule has 0 saturated carbocycles. The highest BCUT2D eigenvalue weighted by atomic mass is 79.9. The number of Topliss-reactive ketones (excluding diaryl/α,β-unsaturated/α-hetero) is 1. The lowest BCUT2D eigenvalue weighted by Gasteiger charge is -2.46. The molecule has 0 aromatic rings. The van der Waals surface area contributed by atoms with Gasteiger partial charge in [0.05, 0.1) is 13.0 Å². The highest BCUT2D eigenvalue weighted by Crippen LogP contribution is 2.58. The number of ketones is 1. The van der Waals surface area contributed by atoms with E-state index in [0.29, 0.717) is 4.48 Å². The Balaban J connectivity index is 3.48. The summed E-state index contributed by atoms with van der Waals surface area (Å²) in [5, 5.41) is 0. The minimum atomic E-state index is -0.799. The Kier molecular flexibility index (Phi) is 5.46. The van der Waals surface area contributed by atoms with Crippen LogP contribution in [-0.2, 0) is 4.79 Å². The molecule has 0 amide bonds. The van der Waals surface area contributed by atoms with Crippen molar-refractivity contribution in [3.8, 4) is 0 Å². The van der Waals surface area contributed by atoms with Crippen molar-refractivity contribution in [3.05, 3.63) is 10.1 Å². The molecule has 1 aliphatic rings. The fourth-order valence-electron chi connectivity index (χ4n) is 1.51. The van der Waals surface area contributed by atoms with Crippen molar-refractivity contribution in [3.63, 3.8) is 0 Å². The molecule has 1 aliphatic carbocycles. The van der Waals surface area contributed by atoms with Crippen LogP contribution in [0.2, 0.25) is 0 Å². The van der Waals surface area contributed by atoms with Crippen LogP contribution in [0.15, 0.2) is 10.1 Å². The van der Waals surface area contributed by atoms with Crippen LogP contribution in [-0.4, -0.2) is 17.6 Å². The first kappa shape index (κ1) is 16.3. The van der Waals surface area contributed by atoms with Crippen molar-refractivity contribution in [2.75, 3.05) is 0 Å². The van der Waals surface area contributed by atoms with E-state index < -0.39 is 3.23 Å². The molecule has 0 bridgehead atoms. The Morgan fingerprint density at radius 3 is 2.12 bits per heavy atom. The molecule has 0 N–H and O–H groups in total. The maximum absolute atomic E-state index is 12.1. The molecule has 7 heteroatoms. The number of alkyl halides is 5. The molecule has 0 aliphatic heterocycles. The van der Waals surface area contributed by atoms with Gasteiger partial charge in [-0.15, -0.1) is 0 Å². The summed E-state index contributed by atoms with van der Waals surface area (Å²) in [6.45, 7) is 4.04. The molecular formula is C9H8Br6O. The van der Waals surface area contributed by atoms with Crippen LogP contribution in [0.3, 0.4) is 0 Å². The van der Waals surface area contributed by atoms with Gasteiger partial charge in [0.15, 0.2) is 9.02 Å². The van der Waals surface area contributed by atoms with Crippen molar-refractivity contribution in [1.82, 2.24) is 0 Å². The molecule has 0 radical (unpaired) electrons. The zero-order valence-electron chi connectivity index (χ0n) is 8.33. The van der Waals surface area contributed by atoms with E-state index in [2.05, 4.69) is 103 Å². The van der Waals surface area contributed by atoms with Crippen molar-refractivity contribution in [2.24, 2.45) is 5.41 Å². The Morgan fingerprint density at radius 2 is 1.75 bits per heavy atom. The summed E-state index contributed by atoms with van der Waals surface area (Å²) in [6, 6.07) is 0. The van der Waals surface area contributed by atoms with Crippen LogP contribution in [0.25, 0.3) is 0 Å². The topological polar surface area (TPSA) is 17.1 Å². The van der Waals surface area contributed by atoms with Crippen molar-refractivity contribution in [2.45, 2.75) is 25.6 Å². The van der Waals surface area contributed by atoms with Gasteiger partial charge in [0.1, 0.15) is 0 Å². The first-order valence-corrected chi connectivity index (χ1v) is 9.42. The predicted octanol–water partition coefficient (Wildman–Crippen LogP) is 5.61. The number of rotatable bonds is 1. The van der Waals surface area contributed by atoms with Crippen LogP contribution in [0.4, 0.5) is 0 Å². The summed E-state index contributed by atoms with van der Waals surface area (Å²) in [7, 11) is 0. The van der Waals surface area contributed by atoms with E-state index in [1.165, 1.54) is 0 Å². The van der Waals surface area contributed by atoms with Gasteiger partial charge >= 0.3 is 0 Å². The summed E-state index contributed by atoms with van der Waals surface area (Å²) < 4.78 is -0.136. The molecule has 0 aromatic carbocycles. The van der Waals surface area contributed by atoms with E-state index in [4.69, 9.17) is 0 Å². The monoisotopic (exact) mass is 606 g/mol. The summed E-state index contributed by atoms with van der Waals surface area (Å²) >= 11 is 21.0. The van der Waals surface area contributed by atoms with E-state index in [1.54, 1.807) is 0 Å². The second kappa shape index (κ2) is 5.35. The maximum Gasteiger partial charge on any atom is 0.198 e. The molecule has 16 heavy (non-hydrogen) atoms. The normalized spacial score (nSPS) is 34.8. The van der Waals surface area contributed by atoms with Crippen LogP contribution in [0.1, 0.15) is 13.8 Å². The highest BCUT2D eigenvalue weighted by molar-refractivity contribution is 9.27. The minimum absolute atomic E-state index is 0.00926. The Labute approximate surface area is 145 Å². The molecule has 2 atom stereocenters. The molecule has 1 rings (SSSR count). The zero-order valence-corrected chi connectivity index (χ0v) is 17.8. The van der Waals surface area contributed by atoms with Gasteiger partial charge in [-0.3, -0.25) is 4.79 Å². The third kappa shape index (κ3) is 2.35. The first-order chi connectivity index (χ1) is 7.07. The van der Waals surface area contributed by atoms with E-state index in [1.807, 2.05) is 6.92 Å². The summed E-state index contributed by atoms with van der Waals surface area (Å²) in [5.74, 6) is -0.00926. The van der Waals surface area contributed by atoms with Crippen LogP contribution < -0.4 is 0 Å². The van der Waals surface area contributed by atoms with Gasteiger partial charge in [0.25, 0.3) is 0 Å². The summed E-state index contributed by atoms with van der Waals surface area (Å²) in [4.78, 5) is 12.0. The molecule has 0 heterocycles. The minimum Gasteiger partial charge on any atom is -0.291 e. The Hall–Kier alpha value is 2.29. The molecule has 2 unspecified atom stereocenters. The summed E-state index contributed by atoms with van der Waals surface area (Å²) in [5.41, 5.74) is 0.757. The highest BCUT2D eigenvalue weighted by Gasteiger charge is 2.57. The molecule has 0 saturated heterocycles. The zero-order chi connectivity index (χ0) is 12.9. The van der Waals surface area contributed by atoms with E-state index in [0.717, 1.165) is 5.57 Å². The maximum atomic E-state index is 12.1. The number of hydrogen-bond acceptors (Lipinski definition) is 1. The lowest BCUT2D eigenvalue weighted by atomic mass is 9.75. The second-order valence-corrected chi connectivity index (χ2v) is 12.2. The number of halogens is 6. The van der Waals surface area contributed by atoms with Gasteiger partial charge in [-0.25, -0.2) is 0 Å². The fraction of sp³-hybridized carbons (Fsp3) is 0.667. The van der Waals surface area contributed by atoms with Crippen molar-refractivity contribution >= 4 is 101 Å². The van der Waals surface area contributed by atoms with Gasteiger partial charge in [-0.1, -0.05) is 86.6 Å². The average molecular weight is 612 g/mol. The number of allylic oxidation sites excluding steroid dienone is 2. The third-order valence-corrected chi connectivity index (χ3v) is 10.3. The van der Waals surface area contributed by atoms with Crippen molar-refractivity contribution in [1.29, 1.82) is 0 Å². The standard InChI is InChI=1S/C9H8Br6O/c1-3-4(10)5(16)9(14,15)6(11)8(3,2)7(12)13/h6-7H,1-2H3. The predicted molar refractivity (Wildman–Crippen MR) is 89.7 cm³/mol. The number of carbonyl (C=O) groups is 1. The SMILES string of the molecule is CC1=C(Br)C(=O)C(Br)(Br)C(Br)C1(C)C(Br)Br. The smallest absolute Gasteiger partial charge is 0.198 e. The largest absolute Gasteiger partial charge is 0.291 e. The van der Waals surface area contributed by atoms with E-state index in [-0.39, 0.29) is 19.8 Å².